The molecule has 17 heavy (non-hydrogen) atoms. The Morgan fingerprint density at radius 1 is 1.06 bits per heavy atom. The quantitative estimate of drug-likeness (QED) is 0.775. The molecule has 0 saturated carbocycles. The van der Waals surface area contributed by atoms with Gasteiger partial charge in [0.05, 0.1) is 5.69 Å². The number of hydrogen-bond donors (Lipinski definition) is 0. The van der Waals surface area contributed by atoms with Crippen LogP contribution in [-0.2, 0) is 13.0 Å². The fraction of sp³-hybridized carbons (Fsp3) is 0.667. The molecule has 1 rings (SSSR count). The Morgan fingerprint density at radius 2 is 1.65 bits per heavy atom. The van der Waals surface area contributed by atoms with E-state index in [1.54, 1.807) is 0 Å². The summed E-state index contributed by atoms with van der Waals surface area (Å²) in [7, 11) is 4.18. The zero-order valence-electron chi connectivity index (χ0n) is 12.1. The van der Waals surface area contributed by atoms with Crippen molar-refractivity contribution in [2.75, 3.05) is 14.1 Å². The highest BCUT2D eigenvalue weighted by molar-refractivity contribution is 5.24. The molecule has 2 nitrogen and oxygen atoms in total. The molecular weight excluding hydrogens is 208 g/mol. The molecule has 0 spiro atoms. The van der Waals surface area contributed by atoms with Crippen LogP contribution in [0.2, 0.25) is 0 Å². The lowest BCUT2D eigenvalue weighted by atomic mass is 9.99. The number of pyridine rings is 1. The molecule has 0 amide bonds. The van der Waals surface area contributed by atoms with Crippen molar-refractivity contribution in [1.82, 2.24) is 9.88 Å². The van der Waals surface area contributed by atoms with Gasteiger partial charge < -0.3 is 4.90 Å². The van der Waals surface area contributed by atoms with Crippen molar-refractivity contribution in [3.8, 4) is 0 Å². The third-order valence-corrected chi connectivity index (χ3v) is 2.72. The highest BCUT2D eigenvalue weighted by Gasteiger charge is 2.08. The minimum Gasteiger partial charge on any atom is -0.304 e. The van der Waals surface area contributed by atoms with Gasteiger partial charge in [0, 0.05) is 12.2 Å². The van der Waals surface area contributed by atoms with Crippen molar-refractivity contribution in [3.63, 3.8) is 0 Å². The summed E-state index contributed by atoms with van der Waals surface area (Å²) in [5, 5.41) is 0. The molecule has 96 valence electrons. The zero-order chi connectivity index (χ0) is 13.0. The fourth-order valence-corrected chi connectivity index (χ4v) is 1.94. The molecule has 0 unspecified atom stereocenters. The summed E-state index contributed by atoms with van der Waals surface area (Å²) in [4.78, 5) is 6.93. The van der Waals surface area contributed by atoms with Crippen molar-refractivity contribution < 1.29 is 0 Å². The lowest BCUT2D eigenvalue weighted by Gasteiger charge is -2.15. The van der Waals surface area contributed by atoms with Gasteiger partial charge in [0.2, 0.25) is 0 Å². The Kier molecular flexibility index (Phi) is 5.13. The van der Waals surface area contributed by atoms with Gasteiger partial charge in [-0.3, -0.25) is 4.98 Å². The summed E-state index contributed by atoms with van der Waals surface area (Å²) in [5.74, 6) is 1.24. The maximum atomic E-state index is 4.75. The Labute approximate surface area is 106 Å². The van der Waals surface area contributed by atoms with Crippen LogP contribution in [0.25, 0.3) is 0 Å². The van der Waals surface area contributed by atoms with Crippen LogP contribution in [0.3, 0.4) is 0 Å². The standard InChI is InChI=1S/C15H26N2/c1-11(2)7-14-8-13(12(3)4)9-15(16-14)10-17(5)6/h8-9,11-12H,7,10H2,1-6H3. The number of hydrogen-bond acceptors (Lipinski definition) is 2. The molecule has 0 fully saturated rings. The number of aromatic nitrogens is 1. The molecule has 0 aliphatic carbocycles. The predicted octanol–water partition coefficient (Wildman–Crippen LogP) is 3.47. The summed E-state index contributed by atoms with van der Waals surface area (Å²) >= 11 is 0. The van der Waals surface area contributed by atoms with E-state index in [9.17, 15) is 0 Å². The van der Waals surface area contributed by atoms with Gasteiger partial charge in [-0.1, -0.05) is 27.7 Å². The molecule has 0 atom stereocenters. The SMILES string of the molecule is CC(C)Cc1cc(C(C)C)cc(CN(C)C)n1. The maximum Gasteiger partial charge on any atom is 0.0549 e. The summed E-state index contributed by atoms with van der Waals surface area (Å²) in [6.45, 7) is 9.90. The zero-order valence-corrected chi connectivity index (χ0v) is 12.1. The monoisotopic (exact) mass is 234 g/mol. The van der Waals surface area contributed by atoms with Crippen molar-refractivity contribution in [1.29, 1.82) is 0 Å². The van der Waals surface area contributed by atoms with Crippen LogP contribution in [-0.4, -0.2) is 24.0 Å². The molecule has 0 radical (unpaired) electrons. The van der Waals surface area contributed by atoms with Crippen LogP contribution >= 0.6 is 0 Å². The van der Waals surface area contributed by atoms with Crippen LogP contribution in [0.5, 0.6) is 0 Å². The molecule has 0 aliphatic rings. The van der Waals surface area contributed by atoms with Crippen LogP contribution in [0.4, 0.5) is 0 Å². The van der Waals surface area contributed by atoms with Crippen molar-refractivity contribution in [2.24, 2.45) is 5.92 Å². The topological polar surface area (TPSA) is 16.1 Å². The second-order valence-corrected chi connectivity index (χ2v) is 5.87. The largest absolute Gasteiger partial charge is 0.304 e. The van der Waals surface area contributed by atoms with Crippen molar-refractivity contribution in [2.45, 2.75) is 46.6 Å². The number of nitrogens with zero attached hydrogens (tertiary/aromatic N) is 2. The summed E-state index contributed by atoms with van der Waals surface area (Å²) in [6, 6.07) is 4.51. The third kappa shape index (κ3) is 4.86. The van der Waals surface area contributed by atoms with E-state index in [2.05, 4.69) is 58.8 Å². The van der Waals surface area contributed by atoms with Crippen LogP contribution in [0.15, 0.2) is 12.1 Å². The van der Waals surface area contributed by atoms with Crippen LogP contribution < -0.4 is 0 Å². The Hall–Kier alpha value is -0.890. The molecule has 1 heterocycles. The van der Waals surface area contributed by atoms with E-state index in [4.69, 9.17) is 4.98 Å². The summed E-state index contributed by atoms with van der Waals surface area (Å²) in [6.07, 6.45) is 1.07. The second-order valence-electron chi connectivity index (χ2n) is 5.87. The fourth-order valence-electron chi connectivity index (χ4n) is 1.94. The molecule has 0 N–H and O–H groups in total. The van der Waals surface area contributed by atoms with E-state index in [1.807, 2.05) is 0 Å². The van der Waals surface area contributed by atoms with E-state index < -0.39 is 0 Å². The van der Waals surface area contributed by atoms with E-state index in [-0.39, 0.29) is 0 Å². The lowest BCUT2D eigenvalue weighted by Crippen LogP contribution is -2.13. The molecule has 0 aromatic carbocycles. The average molecular weight is 234 g/mol. The molecule has 2 heteroatoms. The first-order valence-corrected chi connectivity index (χ1v) is 6.53. The summed E-state index contributed by atoms with van der Waals surface area (Å²) in [5.41, 5.74) is 3.84. The molecular formula is C15H26N2. The minimum atomic E-state index is 0.574. The Balaban J connectivity index is 3.00. The van der Waals surface area contributed by atoms with E-state index in [0.29, 0.717) is 11.8 Å². The van der Waals surface area contributed by atoms with Gasteiger partial charge in [0.25, 0.3) is 0 Å². The Morgan fingerprint density at radius 3 is 2.12 bits per heavy atom. The molecule has 1 aromatic rings. The van der Waals surface area contributed by atoms with Crippen LogP contribution in [0, 0.1) is 5.92 Å². The summed E-state index contributed by atoms with van der Waals surface area (Å²) < 4.78 is 0. The van der Waals surface area contributed by atoms with Gasteiger partial charge in [-0.15, -0.1) is 0 Å². The first-order valence-electron chi connectivity index (χ1n) is 6.53. The van der Waals surface area contributed by atoms with E-state index in [1.165, 1.54) is 17.0 Å². The second kappa shape index (κ2) is 6.15. The highest BCUT2D eigenvalue weighted by atomic mass is 15.1. The lowest BCUT2D eigenvalue weighted by molar-refractivity contribution is 0.395. The van der Waals surface area contributed by atoms with Gasteiger partial charge in [0.15, 0.2) is 0 Å². The van der Waals surface area contributed by atoms with Crippen molar-refractivity contribution >= 4 is 0 Å². The minimum absolute atomic E-state index is 0.574. The molecule has 0 saturated heterocycles. The first-order chi connectivity index (χ1) is 7.88. The van der Waals surface area contributed by atoms with Gasteiger partial charge in [0.1, 0.15) is 0 Å². The first kappa shape index (κ1) is 14.2. The third-order valence-electron chi connectivity index (χ3n) is 2.72. The van der Waals surface area contributed by atoms with Gasteiger partial charge in [-0.25, -0.2) is 0 Å². The normalized spacial score (nSPS) is 11.8. The van der Waals surface area contributed by atoms with E-state index in [0.717, 1.165) is 13.0 Å². The predicted molar refractivity (Wildman–Crippen MR) is 74.3 cm³/mol. The molecule has 0 aliphatic heterocycles. The molecule has 0 bridgehead atoms. The smallest absolute Gasteiger partial charge is 0.0549 e. The van der Waals surface area contributed by atoms with Gasteiger partial charge >= 0.3 is 0 Å². The van der Waals surface area contributed by atoms with Crippen molar-refractivity contribution in [3.05, 3.63) is 29.1 Å². The highest BCUT2D eigenvalue weighted by Crippen LogP contribution is 2.18. The van der Waals surface area contributed by atoms with E-state index >= 15 is 0 Å². The van der Waals surface area contributed by atoms with Gasteiger partial charge in [-0.2, -0.15) is 0 Å². The van der Waals surface area contributed by atoms with Gasteiger partial charge in [-0.05, 0) is 50.0 Å². The van der Waals surface area contributed by atoms with Crippen LogP contribution in [0.1, 0.15) is 50.6 Å². The average Bonchev–Trinajstić information content (AvgIpc) is 2.14. The molecule has 1 aromatic heterocycles. The Bertz CT molecular complexity index is 326. The number of rotatable bonds is 5. The maximum absolute atomic E-state index is 4.75.